The van der Waals surface area contributed by atoms with Crippen molar-refractivity contribution in [2.24, 2.45) is 5.73 Å². The van der Waals surface area contributed by atoms with E-state index in [0.717, 1.165) is 10.2 Å². The quantitative estimate of drug-likeness (QED) is 0.798. The Morgan fingerprint density at radius 1 is 1.53 bits per heavy atom. The van der Waals surface area contributed by atoms with Gasteiger partial charge in [0.15, 0.2) is 0 Å². The molecular formula is C10H13BrN2O2S2. The molecule has 0 amide bonds. The lowest BCUT2D eigenvalue weighted by molar-refractivity contribution is 0.602. The Balaban J connectivity index is 2.85. The Labute approximate surface area is 115 Å². The van der Waals surface area contributed by atoms with Crippen LogP contribution in [-0.4, -0.2) is 32.0 Å². The fourth-order valence-corrected chi connectivity index (χ4v) is 2.70. The highest BCUT2D eigenvalue weighted by atomic mass is 79.9. The standard InChI is InChI=1S/C10H13BrN2O2S2/c1-17(14,15)6-5-13-8-4-2-3-7(11)9(8)10(12)16/h2-4,13H,5-6H2,1H3,(H2,12,16). The lowest BCUT2D eigenvalue weighted by Crippen LogP contribution is -2.18. The Hall–Kier alpha value is -0.660. The number of benzene rings is 1. The molecule has 3 N–H and O–H groups in total. The van der Waals surface area contributed by atoms with Crippen molar-refractivity contribution >= 4 is 48.7 Å². The van der Waals surface area contributed by atoms with Crippen LogP contribution in [0.1, 0.15) is 5.56 Å². The number of anilines is 1. The van der Waals surface area contributed by atoms with Gasteiger partial charge in [0.2, 0.25) is 0 Å². The van der Waals surface area contributed by atoms with Crippen molar-refractivity contribution in [3.05, 3.63) is 28.2 Å². The second-order valence-corrected chi connectivity index (χ2v) is 7.14. The molecule has 4 nitrogen and oxygen atoms in total. The number of rotatable bonds is 5. The van der Waals surface area contributed by atoms with Gasteiger partial charge in [-0.15, -0.1) is 0 Å². The largest absolute Gasteiger partial charge is 0.389 e. The average molecular weight is 337 g/mol. The molecule has 0 saturated heterocycles. The molecule has 0 unspecified atom stereocenters. The predicted molar refractivity (Wildman–Crippen MR) is 78.2 cm³/mol. The average Bonchev–Trinajstić information content (AvgIpc) is 2.14. The van der Waals surface area contributed by atoms with Crippen LogP contribution in [0.3, 0.4) is 0 Å². The smallest absolute Gasteiger partial charge is 0.149 e. The zero-order chi connectivity index (χ0) is 13.1. The Bertz CT molecular complexity index is 529. The zero-order valence-electron chi connectivity index (χ0n) is 9.23. The van der Waals surface area contributed by atoms with Crippen molar-refractivity contribution < 1.29 is 8.42 Å². The molecule has 17 heavy (non-hydrogen) atoms. The summed E-state index contributed by atoms with van der Waals surface area (Å²) in [5, 5.41) is 3.02. The van der Waals surface area contributed by atoms with E-state index < -0.39 is 9.84 Å². The van der Waals surface area contributed by atoms with Gasteiger partial charge < -0.3 is 11.1 Å². The Kier molecular flexibility index (Phi) is 4.91. The molecule has 0 aromatic heterocycles. The monoisotopic (exact) mass is 336 g/mol. The van der Waals surface area contributed by atoms with Crippen LogP contribution in [0.15, 0.2) is 22.7 Å². The highest BCUT2D eigenvalue weighted by Gasteiger charge is 2.09. The van der Waals surface area contributed by atoms with Gasteiger partial charge in [-0.1, -0.05) is 18.3 Å². The van der Waals surface area contributed by atoms with Crippen LogP contribution in [0.25, 0.3) is 0 Å². The van der Waals surface area contributed by atoms with Crippen molar-refractivity contribution in [2.45, 2.75) is 0 Å². The summed E-state index contributed by atoms with van der Waals surface area (Å²) in [7, 11) is -2.98. The van der Waals surface area contributed by atoms with E-state index in [1.807, 2.05) is 18.2 Å². The molecule has 0 aliphatic rings. The molecule has 1 aromatic carbocycles. The molecule has 0 aliphatic carbocycles. The van der Waals surface area contributed by atoms with Gasteiger partial charge in [0.05, 0.1) is 5.75 Å². The van der Waals surface area contributed by atoms with Crippen LogP contribution in [-0.2, 0) is 9.84 Å². The van der Waals surface area contributed by atoms with E-state index in [-0.39, 0.29) is 10.7 Å². The second kappa shape index (κ2) is 5.79. The normalized spacial score (nSPS) is 11.2. The zero-order valence-corrected chi connectivity index (χ0v) is 12.5. The van der Waals surface area contributed by atoms with E-state index in [1.165, 1.54) is 6.26 Å². The van der Waals surface area contributed by atoms with Gasteiger partial charge in [0, 0.05) is 28.5 Å². The van der Waals surface area contributed by atoms with Crippen LogP contribution in [0.4, 0.5) is 5.69 Å². The highest BCUT2D eigenvalue weighted by Crippen LogP contribution is 2.24. The lowest BCUT2D eigenvalue weighted by atomic mass is 10.2. The summed E-state index contributed by atoms with van der Waals surface area (Å²) in [6, 6.07) is 5.46. The van der Waals surface area contributed by atoms with Crippen molar-refractivity contribution in [1.82, 2.24) is 0 Å². The fourth-order valence-electron chi connectivity index (χ4n) is 1.29. The molecule has 1 aromatic rings. The third kappa shape index (κ3) is 4.61. The molecule has 94 valence electrons. The van der Waals surface area contributed by atoms with Crippen LogP contribution in [0.5, 0.6) is 0 Å². The first kappa shape index (κ1) is 14.4. The number of sulfone groups is 1. The summed E-state index contributed by atoms with van der Waals surface area (Å²) in [6.45, 7) is 0.324. The molecule has 0 aliphatic heterocycles. The Morgan fingerprint density at radius 3 is 2.71 bits per heavy atom. The minimum atomic E-state index is -2.98. The van der Waals surface area contributed by atoms with Crippen molar-refractivity contribution in [1.29, 1.82) is 0 Å². The first-order valence-corrected chi connectivity index (χ1v) is 8.07. The maximum atomic E-state index is 11.0. The number of hydrogen-bond acceptors (Lipinski definition) is 4. The lowest BCUT2D eigenvalue weighted by Gasteiger charge is -2.12. The third-order valence-electron chi connectivity index (χ3n) is 2.05. The first-order chi connectivity index (χ1) is 7.81. The number of thiocarbonyl (C=S) groups is 1. The summed E-state index contributed by atoms with van der Waals surface area (Å²) in [5.41, 5.74) is 7.04. The van der Waals surface area contributed by atoms with E-state index >= 15 is 0 Å². The van der Waals surface area contributed by atoms with E-state index in [9.17, 15) is 8.42 Å². The van der Waals surface area contributed by atoms with Gasteiger partial charge in [-0.05, 0) is 28.1 Å². The van der Waals surface area contributed by atoms with E-state index in [1.54, 1.807) is 0 Å². The topological polar surface area (TPSA) is 72.2 Å². The van der Waals surface area contributed by atoms with Crippen molar-refractivity contribution in [2.75, 3.05) is 23.9 Å². The number of hydrogen-bond donors (Lipinski definition) is 2. The summed E-state index contributed by atoms with van der Waals surface area (Å²) < 4.78 is 22.8. The van der Waals surface area contributed by atoms with E-state index in [0.29, 0.717) is 12.1 Å². The van der Waals surface area contributed by atoms with Gasteiger partial charge in [-0.3, -0.25) is 0 Å². The van der Waals surface area contributed by atoms with Gasteiger partial charge >= 0.3 is 0 Å². The molecule has 1 rings (SSSR count). The molecule has 0 saturated carbocycles. The predicted octanol–water partition coefficient (Wildman–Crippen LogP) is 1.54. The van der Waals surface area contributed by atoms with Gasteiger partial charge in [-0.2, -0.15) is 0 Å². The molecule has 0 heterocycles. The van der Waals surface area contributed by atoms with Crippen LogP contribution < -0.4 is 11.1 Å². The van der Waals surface area contributed by atoms with Gasteiger partial charge in [0.25, 0.3) is 0 Å². The summed E-state index contributed by atoms with van der Waals surface area (Å²) in [5.74, 6) is 0.0658. The SMILES string of the molecule is CS(=O)(=O)CCNc1cccc(Br)c1C(N)=S. The first-order valence-electron chi connectivity index (χ1n) is 4.81. The maximum Gasteiger partial charge on any atom is 0.149 e. The molecular weight excluding hydrogens is 324 g/mol. The van der Waals surface area contributed by atoms with Crippen LogP contribution in [0, 0.1) is 0 Å². The number of nitrogens with two attached hydrogens (primary N) is 1. The van der Waals surface area contributed by atoms with E-state index in [2.05, 4.69) is 21.2 Å². The van der Waals surface area contributed by atoms with Crippen molar-refractivity contribution in [3.8, 4) is 0 Å². The number of nitrogens with one attached hydrogen (secondary N) is 1. The summed E-state index contributed by atoms with van der Waals surface area (Å²) in [6.07, 6.45) is 1.20. The molecule has 0 radical (unpaired) electrons. The third-order valence-corrected chi connectivity index (χ3v) is 3.86. The minimum Gasteiger partial charge on any atom is -0.389 e. The highest BCUT2D eigenvalue weighted by molar-refractivity contribution is 9.10. The molecule has 0 spiro atoms. The van der Waals surface area contributed by atoms with Gasteiger partial charge in [0.1, 0.15) is 14.8 Å². The van der Waals surface area contributed by atoms with E-state index in [4.69, 9.17) is 18.0 Å². The Morgan fingerprint density at radius 2 is 2.18 bits per heavy atom. The minimum absolute atomic E-state index is 0.0658. The molecule has 0 bridgehead atoms. The fraction of sp³-hybridized carbons (Fsp3) is 0.300. The summed E-state index contributed by atoms with van der Waals surface area (Å²) >= 11 is 8.30. The molecule has 0 atom stereocenters. The number of halogens is 1. The van der Waals surface area contributed by atoms with Gasteiger partial charge in [-0.25, -0.2) is 8.42 Å². The summed E-state index contributed by atoms with van der Waals surface area (Å²) in [4.78, 5) is 0.263. The van der Waals surface area contributed by atoms with Crippen molar-refractivity contribution in [3.63, 3.8) is 0 Å². The molecule has 7 heteroatoms. The second-order valence-electron chi connectivity index (χ2n) is 3.58. The molecule has 0 fully saturated rings. The van der Waals surface area contributed by atoms with Crippen LogP contribution in [0.2, 0.25) is 0 Å². The van der Waals surface area contributed by atoms with Crippen LogP contribution >= 0.6 is 28.1 Å². The maximum absolute atomic E-state index is 11.0.